The summed E-state index contributed by atoms with van der Waals surface area (Å²) in [6, 6.07) is 1.93. The zero-order chi connectivity index (χ0) is 11.6. The van der Waals surface area contributed by atoms with Gasteiger partial charge in [-0.15, -0.1) is 0 Å². The lowest BCUT2D eigenvalue weighted by molar-refractivity contribution is 0.0381. The number of nitrogens with one attached hydrogen (secondary N) is 1. The molecule has 0 bridgehead atoms. The topological polar surface area (TPSA) is 54.4 Å². The van der Waals surface area contributed by atoms with E-state index in [4.69, 9.17) is 4.74 Å². The summed E-state index contributed by atoms with van der Waals surface area (Å²) in [6.07, 6.45) is 2.42. The molecule has 88 valence electrons. The average molecular weight is 287 g/mol. The Kier molecular flexibility index (Phi) is 3.47. The van der Waals surface area contributed by atoms with Gasteiger partial charge in [0, 0.05) is 25.8 Å². The van der Waals surface area contributed by atoms with E-state index in [-0.39, 0.29) is 0 Å². The van der Waals surface area contributed by atoms with Crippen molar-refractivity contribution in [2.24, 2.45) is 0 Å². The lowest BCUT2D eigenvalue weighted by Crippen LogP contribution is -2.37. The number of halogens is 1. The first-order valence-electron chi connectivity index (χ1n) is 5.26. The van der Waals surface area contributed by atoms with Crippen molar-refractivity contribution in [1.82, 2.24) is 4.98 Å². The van der Waals surface area contributed by atoms with Gasteiger partial charge in [0.1, 0.15) is 11.4 Å². The van der Waals surface area contributed by atoms with Gasteiger partial charge < -0.3 is 15.2 Å². The maximum Gasteiger partial charge on any atom is 0.140 e. The highest BCUT2D eigenvalue weighted by Crippen LogP contribution is 2.25. The number of hydrogen-bond acceptors (Lipinski definition) is 4. The monoisotopic (exact) mass is 286 g/mol. The molecule has 1 unspecified atom stereocenters. The van der Waals surface area contributed by atoms with Gasteiger partial charge in [-0.25, -0.2) is 4.98 Å². The summed E-state index contributed by atoms with van der Waals surface area (Å²) in [5.74, 6) is 0.764. The van der Waals surface area contributed by atoms with Gasteiger partial charge in [0.25, 0.3) is 0 Å². The number of nitrogens with zero attached hydrogens (tertiary/aromatic N) is 1. The Hall–Kier alpha value is -0.650. The largest absolute Gasteiger partial charge is 0.386 e. The van der Waals surface area contributed by atoms with E-state index in [0.29, 0.717) is 26.2 Å². The molecule has 1 aliphatic heterocycles. The lowest BCUT2D eigenvalue weighted by Gasteiger charge is -2.21. The Morgan fingerprint density at radius 3 is 3.19 bits per heavy atom. The molecule has 0 amide bonds. The van der Waals surface area contributed by atoms with Gasteiger partial charge in [0.2, 0.25) is 0 Å². The van der Waals surface area contributed by atoms with E-state index in [9.17, 15) is 5.11 Å². The van der Waals surface area contributed by atoms with Gasteiger partial charge in [0.15, 0.2) is 0 Å². The molecule has 1 aliphatic rings. The third kappa shape index (κ3) is 2.53. The van der Waals surface area contributed by atoms with Gasteiger partial charge in [-0.2, -0.15) is 0 Å². The molecular formula is C11H15BrN2O2. The molecule has 16 heavy (non-hydrogen) atoms. The van der Waals surface area contributed by atoms with Crippen molar-refractivity contribution in [1.29, 1.82) is 0 Å². The van der Waals surface area contributed by atoms with Gasteiger partial charge in [-0.3, -0.25) is 0 Å². The number of aliphatic hydroxyl groups is 1. The number of pyridine rings is 1. The molecule has 1 aromatic rings. The van der Waals surface area contributed by atoms with Crippen LogP contribution in [0.1, 0.15) is 12.0 Å². The molecule has 0 aromatic carbocycles. The van der Waals surface area contributed by atoms with E-state index < -0.39 is 5.60 Å². The van der Waals surface area contributed by atoms with E-state index >= 15 is 0 Å². The Bertz CT molecular complexity index is 378. The second kappa shape index (κ2) is 4.69. The van der Waals surface area contributed by atoms with Crippen LogP contribution in [0.25, 0.3) is 0 Å². The minimum atomic E-state index is -0.759. The molecule has 1 fully saturated rings. The molecule has 2 N–H and O–H groups in total. The smallest absolute Gasteiger partial charge is 0.140 e. The first-order valence-corrected chi connectivity index (χ1v) is 6.05. The Balaban J connectivity index is 2.02. The van der Waals surface area contributed by atoms with Crippen molar-refractivity contribution < 1.29 is 9.84 Å². The maximum atomic E-state index is 10.1. The second-order valence-electron chi connectivity index (χ2n) is 4.17. The number of rotatable bonds is 3. The van der Waals surface area contributed by atoms with Crippen molar-refractivity contribution >= 4 is 21.7 Å². The second-order valence-corrected chi connectivity index (χ2v) is 4.96. The number of aromatic nitrogens is 1. The fraction of sp³-hybridized carbons (Fsp3) is 0.545. The van der Waals surface area contributed by atoms with Crippen molar-refractivity contribution in [3.8, 4) is 0 Å². The van der Waals surface area contributed by atoms with Crippen LogP contribution < -0.4 is 5.32 Å². The fourth-order valence-electron chi connectivity index (χ4n) is 1.65. The van der Waals surface area contributed by atoms with Crippen LogP contribution in [0.15, 0.2) is 16.7 Å². The van der Waals surface area contributed by atoms with E-state index in [0.717, 1.165) is 15.9 Å². The van der Waals surface area contributed by atoms with E-state index in [1.165, 1.54) is 0 Å². The Morgan fingerprint density at radius 1 is 1.69 bits per heavy atom. The van der Waals surface area contributed by atoms with Crippen LogP contribution in [-0.2, 0) is 4.74 Å². The number of anilines is 1. The number of hydrogen-bond donors (Lipinski definition) is 2. The van der Waals surface area contributed by atoms with E-state index in [2.05, 4.69) is 26.2 Å². The molecule has 1 saturated heterocycles. The highest BCUT2D eigenvalue weighted by molar-refractivity contribution is 9.10. The molecule has 4 nitrogen and oxygen atoms in total. The predicted molar refractivity (Wildman–Crippen MR) is 65.5 cm³/mol. The average Bonchev–Trinajstić information content (AvgIpc) is 2.68. The molecule has 5 heteroatoms. The minimum absolute atomic E-state index is 0.392. The summed E-state index contributed by atoms with van der Waals surface area (Å²) >= 11 is 3.47. The summed E-state index contributed by atoms with van der Waals surface area (Å²) in [5, 5.41) is 13.2. The Morgan fingerprint density at radius 2 is 2.50 bits per heavy atom. The maximum absolute atomic E-state index is 10.1. The molecule has 1 aromatic heterocycles. The van der Waals surface area contributed by atoms with E-state index in [1.807, 2.05) is 13.0 Å². The van der Waals surface area contributed by atoms with Gasteiger partial charge in [0.05, 0.1) is 11.1 Å². The number of aryl methyl sites for hydroxylation is 1. The summed E-state index contributed by atoms with van der Waals surface area (Å²) in [6.45, 7) is 3.48. The molecule has 2 rings (SSSR count). The highest BCUT2D eigenvalue weighted by atomic mass is 79.9. The molecule has 0 aliphatic carbocycles. The fourth-order valence-corrected chi connectivity index (χ4v) is 2.02. The number of ether oxygens (including phenoxy) is 1. The first kappa shape index (κ1) is 11.8. The summed E-state index contributed by atoms with van der Waals surface area (Å²) in [5.41, 5.74) is 0.359. The molecule has 2 heterocycles. The highest BCUT2D eigenvalue weighted by Gasteiger charge is 2.32. The minimum Gasteiger partial charge on any atom is -0.386 e. The van der Waals surface area contributed by atoms with Gasteiger partial charge in [-0.05, 0) is 34.5 Å². The van der Waals surface area contributed by atoms with Crippen molar-refractivity contribution in [3.05, 3.63) is 22.3 Å². The SMILES string of the molecule is Cc1ccnc(NCC2(O)CCOC2)c1Br. The summed E-state index contributed by atoms with van der Waals surface area (Å²) < 4.78 is 6.12. The van der Waals surface area contributed by atoms with Crippen molar-refractivity contribution in [2.75, 3.05) is 25.1 Å². The standard InChI is InChI=1S/C11H15BrN2O2/c1-8-2-4-13-10(9(8)12)14-6-11(15)3-5-16-7-11/h2,4,15H,3,5-7H2,1H3,(H,13,14). The zero-order valence-electron chi connectivity index (χ0n) is 9.16. The molecule has 0 saturated carbocycles. The Labute approximate surface area is 103 Å². The van der Waals surface area contributed by atoms with Crippen LogP contribution >= 0.6 is 15.9 Å². The first-order chi connectivity index (χ1) is 7.61. The molecule has 0 spiro atoms. The van der Waals surface area contributed by atoms with E-state index in [1.54, 1.807) is 6.20 Å². The third-order valence-corrected chi connectivity index (χ3v) is 3.75. The van der Waals surface area contributed by atoms with Crippen LogP contribution in [0.4, 0.5) is 5.82 Å². The summed E-state index contributed by atoms with van der Waals surface area (Å²) in [7, 11) is 0. The normalized spacial score (nSPS) is 24.7. The molecular weight excluding hydrogens is 272 g/mol. The van der Waals surface area contributed by atoms with Gasteiger partial charge in [-0.1, -0.05) is 0 Å². The molecule has 1 atom stereocenters. The van der Waals surface area contributed by atoms with Crippen LogP contribution in [0, 0.1) is 6.92 Å². The van der Waals surface area contributed by atoms with Crippen molar-refractivity contribution in [3.63, 3.8) is 0 Å². The third-order valence-electron chi connectivity index (χ3n) is 2.75. The van der Waals surface area contributed by atoms with Crippen LogP contribution in [0.2, 0.25) is 0 Å². The molecule has 0 radical (unpaired) electrons. The van der Waals surface area contributed by atoms with Crippen LogP contribution in [-0.4, -0.2) is 35.5 Å². The lowest BCUT2D eigenvalue weighted by atomic mass is 10.0. The predicted octanol–water partition coefficient (Wildman–Crippen LogP) is 1.72. The van der Waals surface area contributed by atoms with Crippen LogP contribution in [0.3, 0.4) is 0 Å². The van der Waals surface area contributed by atoms with Gasteiger partial charge >= 0.3 is 0 Å². The van der Waals surface area contributed by atoms with Crippen molar-refractivity contribution in [2.45, 2.75) is 18.9 Å². The zero-order valence-corrected chi connectivity index (χ0v) is 10.7. The summed E-state index contributed by atoms with van der Waals surface area (Å²) in [4.78, 5) is 4.22. The quantitative estimate of drug-likeness (QED) is 0.888. The van der Waals surface area contributed by atoms with Crippen LogP contribution in [0.5, 0.6) is 0 Å².